The number of nitrogens with one attached hydrogen (secondary N) is 1. The van der Waals surface area contributed by atoms with Crippen LogP contribution in [0.15, 0.2) is 88.7 Å². The van der Waals surface area contributed by atoms with E-state index in [4.69, 9.17) is 4.42 Å². The van der Waals surface area contributed by atoms with Crippen molar-refractivity contribution in [2.45, 2.75) is 12.1 Å². The zero-order valence-electron chi connectivity index (χ0n) is 18.1. The van der Waals surface area contributed by atoms with Crippen molar-refractivity contribution in [3.63, 3.8) is 0 Å². The standard InChI is InChI=1S/C24H19N7O2S/c1-16-7-5-6-10-19(16)31-21(17-11-13-25-14-12-17)27-30-24(31)34-15-20(32)26-23-29-28-22(33-23)18-8-3-2-4-9-18/h2-14H,15H2,1H3,(H,26,29,32). The van der Waals surface area contributed by atoms with Gasteiger partial charge in [-0.1, -0.05) is 53.3 Å². The van der Waals surface area contributed by atoms with Gasteiger partial charge in [0.2, 0.25) is 11.8 Å². The van der Waals surface area contributed by atoms with Crippen LogP contribution < -0.4 is 5.32 Å². The number of anilines is 1. The second kappa shape index (κ2) is 9.67. The summed E-state index contributed by atoms with van der Waals surface area (Å²) in [5, 5.41) is 19.9. The van der Waals surface area contributed by atoms with Crippen LogP contribution in [0, 0.1) is 6.92 Å². The van der Waals surface area contributed by atoms with Crippen molar-refractivity contribution in [2.24, 2.45) is 0 Å². The molecule has 3 heterocycles. The van der Waals surface area contributed by atoms with Gasteiger partial charge in [-0.25, -0.2) is 0 Å². The highest BCUT2D eigenvalue weighted by molar-refractivity contribution is 7.99. The number of thioether (sulfide) groups is 1. The van der Waals surface area contributed by atoms with Crippen molar-refractivity contribution in [1.29, 1.82) is 0 Å². The number of benzene rings is 2. The van der Waals surface area contributed by atoms with Crippen molar-refractivity contribution in [2.75, 3.05) is 11.1 Å². The molecule has 0 radical (unpaired) electrons. The maximum atomic E-state index is 12.6. The SMILES string of the molecule is Cc1ccccc1-n1c(SCC(=O)Nc2nnc(-c3ccccc3)o2)nnc1-c1ccncc1. The van der Waals surface area contributed by atoms with Crippen molar-refractivity contribution >= 4 is 23.7 Å². The number of hydrogen-bond acceptors (Lipinski definition) is 8. The summed E-state index contributed by atoms with van der Waals surface area (Å²) in [5.41, 5.74) is 3.65. The van der Waals surface area contributed by atoms with Crippen LogP contribution in [-0.2, 0) is 4.79 Å². The summed E-state index contributed by atoms with van der Waals surface area (Å²) in [6.07, 6.45) is 3.42. The van der Waals surface area contributed by atoms with E-state index in [1.807, 2.05) is 78.2 Å². The van der Waals surface area contributed by atoms with Crippen LogP contribution in [0.3, 0.4) is 0 Å². The Morgan fingerprint density at radius 1 is 0.912 bits per heavy atom. The molecule has 2 aromatic carbocycles. The molecule has 0 aliphatic carbocycles. The quantitative estimate of drug-likeness (QED) is 0.349. The number of carbonyl (C=O) groups is 1. The Balaban J connectivity index is 1.35. The molecule has 9 nitrogen and oxygen atoms in total. The largest absolute Gasteiger partial charge is 0.403 e. The summed E-state index contributed by atoms with van der Waals surface area (Å²) in [5.74, 6) is 0.801. The fourth-order valence-corrected chi connectivity index (χ4v) is 4.08. The Labute approximate surface area is 199 Å². The third kappa shape index (κ3) is 4.57. The van der Waals surface area contributed by atoms with Gasteiger partial charge in [0.05, 0.1) is 11.4 Å². The topological polar surface area (TPSA) is 112 Å². The summed E-state index contributed by atoms with van der Waals surface area (Å²) < 4.78 is 7.51. The lowest BCUT2D eigenvalue weighted by Crippen LogP contribution is -2.15. The molecule has 3 aromatic heterocycles. The van der Waals surface area contributed by atoms with Crippen molar-refractivity contribution in [1.82, 2.24) is 29.9 Å². The van der Waals surface area contributed by atoms with Gasteiger partial charge in [-0.2, -0.15) is 0 Å². The van der Waals surface area contributed by atoms with Crippen molar-refractivity contribution in [3.8, 4) is 28.5 Å². The highest BCUT2D eigenvalue weighted by Crippen LogP contribution is 2.29. The summed E-state index contributed by atoms with van der Waals surface area (Å²) in [6.45, 7) is 2.02. The maximum Gasteiger partial charge on any atom is 0.322 e. The molecule has 0 bridgehead atoms. The van der Waals surface area contributed by atoms with E-state index in [1.165, 1.54) is 11.8 Å². The van der Waals surface area contributed by atoms with Gasteiger partial charge < -0.3 is 4.42 Å². The predicted molar refractivity (Wildman–Crippen MR) is 128 cm³/mol. The van der Waals surface area contributed by atoms with Crippen LogP contribution in [0.2, 0.25) is 0 Å². The molecule has 0 saturated heterocycles. The van der Waals surface area contributed by atoms with Gasteiger partial charge in [0.1, 0.15) is 0 Å². The van der Waals surface area contributed by atoms with Crippen LogP contribution in [0.5, 0.6) is 0 Å². The molecule has 0 spiro atoms. The number of hydrogen-bond donors (Lipinski definition) is 1. The van der Waals surface area contributed by atoms with Gasteiger partial charge >= 0.3 is 6.01 Å². The monoisotopic (exact) mass is 469 g/mol. The third-order valence-corrected chi connectivity index (χ3v) is 5.88. The fourth-order valence-electron chi connectivity index (χ4n) is 3.34. The zero-order valence-corrected chi connectivity index (χ0v) is 18.9. The van der Waals surface area contributed by atoms with E-state index in [0.29, 0.717) is 16.9 Å². The van der Waals surface area contributed by atoms with E-state index < -0.39 is 0 Å². The second-order valence-corrected chi connectivity index (χ2v) is 8.22. The smallest absolute Gasteiger partial charge is 0.322 e. The predicted octanol–water partition coefficient (Wildman–Crippen LogP) is 4.42. The van der Waals surface area contributed by atoms with E-state index in [1.54, 1.807) is 12.4 Å². The lowest BCUT2D eigenvalue weighted by atomic mass is 10.2. The Kier molecular flexibility index (Phi) is 6.13. The Morgan fingerprint density at radius 3 is 2.47 bits per heavy atom. The van der Waals surface area contributed by atoms with Gasteiger partial charge in [-0.3, -0.25) is 19.7 Å². The average Bonchev–Trinajstić information content (AvgIpc) is 3.51. The Hall–Kier alpha value is -4.31. The molecule has 1 amide bonds. The van der Waals surface area contributed by atoms with E-state index in [-0.39, 0.29) is 17.7 Å². The highest BCUT2D eigenvalue weighted by Gasteiger charge is 2.19. The summed E-state index contributed by atoms with van der Waals surface area (Å²) >= 11 is 1.27. The number of aryl methyl sites for hydroxylation is 1. The molecule has 0 aliphatic rings. The van der Waals surface area contributed by atoms with Crippen LogP contribution in [-0.4, -0.2) is 41.6 Å². The van der Waals surface area contributed by atoms with E-state index >= 15 is 0 Å². The molecule has 0 saturated carbocycles. The maximum absolute atomic E-state index is 12.6. The number of amides is 1. The van der Waals surface area contributed by atoms with Gasteiger partial charge in [0, 0.05) is 23.5 Å². The minimum atomic E-state index is -0.293. The summed E-state index contributed by atoms with van der Waals surface area (Å²) in [6, 6.07) is 21.1. The highest BCUT2D eigenvalue weighted by atomic mass is 32.2. The van der Waals surface area contributed by atoms with E-state index in [2.05, 4.69) is 30.7 Å². The molecule has 0 fully saturated rings. The van der Waals surface area contributed by atoms with Crippen LogP contribution in [0.25, 0.3) is 28.5 Å². The molecule has 168 valence electrons. The normalized spacial score (nSPS) is 10.9. The lowest BCUT2D eigenvalue weighted by Gasteiger charge is -2.12. The molecular weight excluding hydrogens is 450 g/mol. The van der Waals surface area contributed by atoms with E-state index in [0.717, 1.165) is 22.4 Å². The number of aromatic nitrogens is 6. The number of carbonyl (C=O) groups excluding carboxylic acids is 1. The Bertz CT molecular complexity index is 1420. The van der Waals surface area contributed by atoms with Crippen LogP contribution >= 0.6 is 11.8 Å². The average molecular weight is 470 g/mol. The molecule has 5 aromatic rings. The number of rotatable bonds is 7. The minimum Gasteiger partial charge on any atom is -0.403 e. The first-order chi connectivity index (χ1) is 16.7. The van der Waals surface area contributed by atoms with E-state index in [9.17, 15) is 4.79 Å². The molecule has 1 N–H and O–H groups in total. The van der Waals surface area contributed by atoms with Crippen LogP contribution in [0.4, 0.5) is 6.01 Å². The second-order valence-electron chi connectivity index (χ2n) is 7.28. The van der Waals surface area contributed by atoms with Gasteiger partial charge in [-0.15, -0.1) is 15.3 Å². The molecular formula is C24H19N7O2S. The number of para-hydroxylation sites is 1. The molecule has 34 heavy (non-hydrogen) atoms. The first-order valence-corrected chi connectivity index (χ1v) is 11.4. The van der Waals surface area contributed by atoms with Crippen molar-refractivity contribution < 1.29 is 9.21 Å². The first kappa shape index (κ1) is 21.5. The molecule has 5 rings (SSSR count). The molecule has 0 unspecified atom stereocenters. The van der Waals surface area contributed by atoms with Gasteiger partial charge in [0.25, 0.3) is 0 Å². The first-order valence-electron chi connectivity index (χ1n) is 10.4. The molecule has 0 atom stereocenters. The summed E-state index contributed by atoms with van der Waals surface area (Å²) in [7, 11) is 0. The lowest BCUT2D eigenvalue weighted by molar-refractivity contribution is -0.113. The molecule has 10 heteroatoms. The number of nitrogens with zero attached hydrogens (tertiary/aromatic N) is 6. The van der Waals surface area contributed by atoms with Gasteiger partial charge in [0.15, 0.2) is 11.0 Å². The fraction of sp³-hybridized carbons (Fsp3) is 0.0833. The minimum absolute atomic E-state index is 0.0438. The van der Waals surface area contributed by atoms with Crippen LogP contribution in [0.1, 0.15) is 5.56 Å². The number of pyridine rings is 1. The van der Waals surface area contributed by atoms with Crippen molar-refractivity contribution in [3.05, 3.63) is 84.7 Å². The summed E-state index contributed by atoms with van der Waals surface area (Å²) in [4.78, 5) is 16.7. The zero-order chi connectivity index (χ0) is 23.3. The third-order valence-electron chi connectivity index (χ3n) is 4.95. The van der Waals surface area contributed by atoms with Gasteiger partial charge in [-0.05, 0) is 42.8 Å². The molecule has 0 aliphatic heterocycles. The Morgan fingerprint density at radius 2 is 1.68 bits per heavy atom.